The van der Waals surface area contributed by atoms with E-state index in [1.165, 1.54) is 0 Å². The number of amidine groups is 1. The number of nitrogens with one attached hydrogen (secondary N) is 1. The molecular weight excluding hydrogens is 312 g/mol. The molecule has 0 amide bonds. The number of aromatic nitrogens is 2. The smallest absolute Gasteiger partial charge is 0.127 e. The van der Waals surface area contributed by atoms with Crippen LogP contribution in [0.1, 0.15) is 11.3 Å². The monoisotopic (exact) mass is 324 g/mol. The van der Waals surface area contributed by atoms with Gasteiger partial charge in [0.15, 0.2) is 0 Å². The second-order valence-electron chi connectivity index (χ2n) is 3.86. The van der Waals surface area contributed by atoms with E-state index < -0.39 is 0 Å². The highest BCUT2D eigenvalue weighted by molar-refractivity contribution is 9.10. The first-order valence-corrected chi connectivity index (χ1v) is 6.91. The highest BCUT2D eigenvalue weighted by atomic mass is 79.9. The van der Waals surface area contributed by atoms with Gasteiger partial charge in [0, 0.05) is 16.4 Å². The quantitative estimate of drug-likeness (QED) is 0.673. The fourth-order valence-electron chi connectivity index (χ4n) is 1.68. The average molecular weight is 325 g/mol. The van der Waals surface area contributed by atoms with Crippen LogP contribution in [0.4, 0.5) is 0 Å². The molecule has 94 valence electrons. The Kier molecular flexibility index (Phi) is 3.77. The predicted molar refractivity (Wildman–Crippen MR) is 77.2 cm³/mol. The molecule has 0 saturated heterocycles. The van der Waals surface area contributed by atoms with Crippen molar-refractivity contribution in [1.29, 1.82) is 5.41 Å². The Balaban J connectivity index is 2.39. The van der Waals surface area contributed by atoms with E-state index in [1.54, 1.807) is 16.4 Å². The summed E-state index contributed by atoms with van der Waals surface area (Å²) >= 11 is 4.96. The van der Waals surface area contributed by atoms with E-state index in [0.717, 1.165) is 20.1 Å². The van der Waals surface area contributed by atoms with E-state index in [9.17, 15) is 0 Å². The van der Waals surface area contributed by atoms with Gasteiger partial charge >= 0.3 is 0 Å². The van der Waals surface area contributed by atoms with Crippen LogP contribution in [0.3, 0.4) is 0 Å². The molecule has 0 radical (unpaired) electrons. The maximum Gasteiger partial charge on any atom is 0.127 e. The number of nitrogen functional groups attached to an aromatic ring is 1. The number of rotatable bonds is 3. The lowest BCUT2D eigenvalue weighted by atomic mass is 10.2. The van der Waals surface area contributed by atoms with Crippen LogP contribution < -0.4 is 5.73 Å². The molecule has 0 fully saturated rings. The number of aryl methyl sites for hydroxylation is 2. The Morgan fingerprint density at radius 1 is 1.39 bits per heavy atom. The van der Waals surface area contributed by atoms with Crippen molar-refractivity contribution < 1.29 is 0 Å². The third-order valence-corrected chi connectivity index (χ3v) is 4.17. The predicted octanol–water partition coefficient (Wildman–Crippen LogP) is 2.93. The second kappa shape index (κ2) is 5.16. The number of benzene rings is 1. The molecule has 0 unspecified atom stereocenters. The Bertz CT molecular complexity index is 589. The van der Waals surface area contributed by atoms with Crippen LogP contribution in [0.2, 0.25) is 0 Å². The number of hydrogen-bond donors (Lipinski definition) is 2. The molecule has 0 aliphatic heterocycles. The van der Waals surface area contributed by atoms with E-state index in [2.05, 4.69) is 21.0 Å². The molecule has 0 aliphatic carbocycles. The summed E-state index contributed by atoms with van der Waals surface area (Å²) in [5, 5.41) is 12.8. The van der Waals surface area contributed by atoms with E-state index in [-0.39, 0.29) is 5.84 Å². The second-order valence-corrected chi connectivity index (χ2v) is 5.84. The van der Waals surface area contributed by atoms with Gasteiger partial charge < -0.3 is 5.73 Å². The number of hydrogen-bond acceptors (Lipinski definition) is 3. The number of nitrogens with zero attached hydrogens (tertiary/aromatic N) is 2. The van der Waals surface area contributed by atoms with Gasteiger partial charge in [0.05, 0.1) is 11.3 Å². The van der Waals surface area contributed by atoms with Gasteiger partial charge in [-0.25, -0.2) is 0 Å². The molecule has 0 aliphatic rings. The summed E-state index contributed by atoms with van der Waals surface area (Å²) < 4.78 is 2.80. The zero-order valence-corrected chi connectivity index (χ0v) is 12.5. The zero-order valence-electron chi connectivity index (χ0n) is 10.1. The molecule has 0 saturated carbocycles. The van der Waals surface area contributed by atoms with E-state index in [1.807, 2.05) is 38.2 Å². The first-order chi connectivity index (χ1) is 8.49. The fourth-order valence-corrected chi connectivity index (χ4v) is 2.97. The Labute approximate surface area is 118 Å². The molecule has 1 aromatic heterocycles. The summed E-state index contributed by atoms with van der Waals surface area (Å²) in [5.74, 6) is 0.0558. The van der Waals surface area contributed by atoms with Crippen LogP contribution in [-0.4, -0.2) is 15.6 Å². The number of halogens is 1. The maximum absolute atomic E-state index is 7.63. The molecule has 6 heteroatoms. The van der Waals surface area contributed by atoms with Gasteiger partial charge in [-0.2, -0.15) is 5.10 Å². The lowest BCUT2D eigenvalue weighted by molar-refractivity contribution is 0.692. The Morgan fingerprint density at radius 3 is 2.56 bits per heavy atom. The lowest BCUT2D eigenvalue weighted by Crippen LogP contribution is -2.13. The largest absolute Gasteiger partial charge is 0.384 e. The van der Waals surface area contributed by atoms with Crippen molar-refractivity contribution in [2.24, 2.45) is 12.8 Å². The summed E-state index contributed by atoms with van der Waals surface area (Å²) in [6, 6.07) is 8.00. The average Bonchev–Trinajstić information content (AvgIpc) is 2.57. The Hall–Kier alpha value is -1.27. The van der Waals surface area contributed by atoms with Crippen LogP contribution in [0.25, 0.3) is 0 Å². The van der Waals surface area contributed by atoms with Crippen molar-refractivity contribution in [2.75, 3.05) is 0 Å². The van der Waals surface area contributed by atoms with Crippen molar-refractivity contribution >= 4 is 33.5 Å². The van der Waals surface area contributed by atoms with E-state index >= 15 is 0 Å². The van der Waals surface area contributed by atoms with Crippen molar-refractivity contribution in [3.05, 3.63) is 40.0 Å². The van der Waals surface area contributed by atoms with Gasteiger partial charge in [-0.3, -0.25) is 10.1 Å². The van der Waals surface area contributed by atoms with Gasteiger partial charge in [0.2, 0.25) is 0 Å². The fraction of sp³-hybridized carbons (Fsp3) is 0.167. The number of nitrogens with two attached hydrogens (primary N) is 1. The van der Waals surface area contributed by atoms with Crippen molar-refractivity contribution in [3.8, 4) is 0 Å². The third-order valence-electron chi connectivity index (χ3n) is 2.47. The van der Waals surface area contributed by atoms with Gasteiger partial charge in [0.1, 0.15) is 10.9 Å². The zero-order chi connectivity index (χ0) is 13.3. The normalized spacial score (nSPS) is 10.6. The lowest BCUT2D eigenvalue weighted by Gasteiger charge is -2.05. The van der Waals surface area contributed by atoms with E-state index in [4.69, 9.17) is 11.1 Å². The minimum atomic E-state index is 0.0558. The van der Waals surface area contributed by atoms with Crippen LogP contribution in [0, 0.1) is 12.3 Å². The molecule has 0 spiro atoms. The molecule has 0 atom stereocenters. The van der Waals surface area contributed by atoms with Crippen molar-refractivity contribution in [3.63, 3.8) is 0 Å². The van der Waals surface area contributed by atoms with Gasteiger partial charge in [-0.15, -0.1) is 0 Å². The molecule has 1 aromatic carbocycles. The highest BCUT2D eigenvalue weighted by Crippen LogP contribution is 2.32. The van der Waals surface area contributed by atoms with Crippen LogP contribution in [0.5, 0.6) is 0 Å². The molecule has 4 nitrogen and oxygen atoms in total. The van der Waals surface area contributed by atoms with E-state index in [0.29, 0.717) is 5.56 Å². The van der Waals surface area contributed by atoms with Crippen LogP contribution in [0.15, 0.2) is 38.7 Å². The van der Waals surface area contributed by atoms with Crippen molar-refractivity contribution in [2.45, 2.75) is 16.8 Å². The summed E-state index contributed by atoms with van der Waals surface area (Å²) in [5.41, 5.74) is 7.11. The van der Waals surface area contributed by atoms with Gasteiger partial charge in [-0.1, -0.05) is 27.7 Å². The van der Waals surface area contributed by atoms with Crippen LogP contribution in [-0.2, 0) is 7.05 Å². The maximum atomic E-state index is 7.63. The molecule has 2 rings (SSSR count). The summed E-state index contributed by atoms with van der Waals surface area (Å²) in [6.07, 6.45) is 0. The minimum absolute atomic E-state index is 0.0558. The Morgan fingerprint density at radius 2 is 2.00 bits per heavy atom. The van der Waals surface area contributed by atoms with Gasteiger partial charge in [0.25, 0.3) is 0 Å². The SMILES string of the molecule is Cc1nn(C)c(Sc2ccc(Br)cc2)c1C(=N)N. The first kappa shape index (κ1) is 13.2. The molecule has 18 heavy (non-hydrogen) atoms. The molecule has 3 N–H and O–H groups in total. The van der Waals surface area contributed by atoms with Crippen molar-refractivity contribution in [1.82, 2.24) is 9.78 Å². The molecule has 1 heterocycles. The summed E-state index contributed by atoms with van der Waals surface area (Å²) in [6.45, 7) is 1.86. The molecule has 0 bridgehead atoms. The summed E-state index contributed by atoms with van der Waals surface area (Å²) in [4.78, 5) is 1.09. The standard InChI is InChI=1S/C12H13BrN4S/c1-7-10(11(14)15)12(17(2)16-7)18-9-5-3-8(13)4-6-9/h3-6H,1-2H3,(H3,14,15). The third kappa shape index (κ3) is 2.59. The highest BCUT2D eigenvalue weighted by Gasteiger charge is 2.16. The molecule has 2 aromatic rings. The van der Waals surface area contributed by atoms with Gasteiger partial charge in [-0.05, 0) is 31.2 Å². The van der Waals surface area contributed by atoms with Crippen LogP contribution >= 0.6 is 27.7 Å². The topological polar surface area (TPSA) is 67.7 Å². The summed E-state index contributed by atoms with van der Waals surface area (Å²) in [7, 11) is 1.86. The minimum Gasteiger partial charge on any atom is -0.384 e. The first-order valence-electron chi connectivity index (χ1n) is 5.30. The molecular formula is C12H13BrN4S.